The number of amides is 1. The first-order valence-corrected chi connectivity index (χ1v) is 9.94. The maximum absolute atomic E-state index is 11.7. The first-order chi connectivity index (χ1) is 12.7. The van der Waals surface area contributed by atoms with Crippen molar-refractivity contribution in [3.8, 4) is 0 Å². The topological polar surface area (TPSA) is 84.6 Å². The molecule has 7 heteroatoms. The lowest BCUT2D eigenvalue weighted by atomic mass is 9.93. The predicted molar refractivity (Wildman–Crippen MR) is 100.0 cm³/mol. The summed E-state index contributed by atoms with van der Waals surface area (Å²) in [5, 5.41) is 0. The Morgan fingerprint density at radius 2 is 2.04 bits per heavy atom. The molecule has 0 aliphatic carbocycles. The fourth-order valence-corrected chi connectivity index (χ4v) is 4.34. The van der Waals surface area contributed by atoms with Crippen LogP contribution in [0.3, 0.4) is 0 Å². The largest absolute Gasteiger partial charge is 0.381 e. The highest BCUT2D eigenvalue weighted by Crippen LogP contribution is 2.29. The molecule has 3 aliphatic heterocycles. The molecule has 0 aromatic carbocycles. The number of nitrogens with zero attached hydrogens (tertiary/aromatic N) is 4. The summed E-state index contributed by atoms with van der Waals surface area (Å²) in [5.74, 6) is 2.69. The van der Waals surface area contributed by atoms with Gasteiger partial charge in [0.2, 0.25) is 11.9 Å². The number of nitrogen functional groups attached to an aromatic ring is 1. The van der Waals surface area contributed by atoms with E-state index in [0.717, 1.165) is 89.4 Å². The molecule has 1 aromatic heterocycles. The van der Waals surface area contributed by atoms with Crippen LogP contribution in [0.2, 0.25) is 0 Å². The molecule has 3 aliphatic rings. The van der Waals surface area contributed by atoms with Gasteiger partial charge < -0.3 is 20.3 Å². The van der Waals surface area contributed by atoms with Gasteiger partial charge in [0.1, 0.15) is 5.82 Å². The first kappa shape index (κ1) is 17.5. The molecule has 3 saturated heterocycles. The van der Waals surface area contributed by atoms with Gasteiger partial charge in [-0.05, 0) is 38.0 Å². The van der Waals surface area contributed by atoms with Crippen LogP contribution >= 0.6 is 0 Å². The van der Waals surface area contributed by atoms with E-state index in [1.54, 1.807) is 0 Å². The third kappa shape index (κ3) is 3.92. The van der Waals surface area contributed by atoms with Gasteiger partial charge in [0.05, 0.1) is 12.3 Å². The molecule has 0 radical (unpaired) electrons. The number of ether oxygens (including phenoxy) is 1. The summed E-state index contributed by atoms with van der Waals surface area (Å²) in [4.78, 5) is 25.0. The van der Waals surface area contributed by atoms with Crippen LogP contribution in [-0.4, -0.2) is 60.2 Å². The van der Waals surface area contributed by atoms with Crippen molar-refractivity contribution in [3.63, 3.8) is 0 Å². The zero-order chi connectivity index (χ0) is 17.9. The third-order valence-electron chi connectivity index (χ3n) is 6.01. The highest BCUT2D eigenvalue weighted by atomic mass is 16.5. The van der Waals surface area contributed by atoms with Crippen LogP contribution in [-0.2, 0) is 9.53 Å². The van der Waals surface area contributed by atoms with Crippen molar-refractivity contribution in [2.45, 2.75) is 44.4 Å². The first-order valence-electron chi connectivity index (χ1n) is 9.94. The summed E-state index contributed by atoms with van der Waals surface area (Å²) in [5.41, 5.74) is 6.98. The number of anilines is 2. The summed E-state index contributed by atoms with van der Waals surface area (Å²) in [7, 11) is 0. The minimum Gasteiger partial charge on any atom is -0.381 e. The second-order valence-corrected chi connectivity index (χ2v) is 7.77. The molecule has 0 unspecified atom stereocenters. The summed E-state index contributed by atoms with van der Waals surface area (Å²) >= 11 is 0. The average molecular weight is 359 g/mol. The van der Waals surface area contributed by atoms with Crippen molar-refractivity contribution in [1.82, 2.24) is 14.9 Å². The van der Waals surface area contributed by atoms with Crippen LogP contribution in [0.4, 0.5) is 11.8 Å². The number of hydrogen-bond acceptors (Lipinski definition) is 6. The number of carbonyl (C=O) groups is 1. The summed E-state index contributed by atoms with van der Waals surface area (Å²) < 4.78 is 5.48. The van der Waals surface area contributed by atoms with Gasteiger partial charge in [-0.25, -0.2) is 4.98 Å². The van der Waals surface area contributed by atoms with Gasteiger partial charge in [-0.3, -0.25) is 4.79 Å². The van der Waals surface area contributed by atoms with E-state index < -0.39 is 0 Å². The maximum Gasteiger partial charge on any atom is 0.222 e. The fraction of sp³-hybridized carbons (Fsp3) is 0.737. The minimum absolute atomic E-state index is 0.335. The van der Waals surface area contributed by atoms with Crippen LogP contribution in [0.25, 0.3) is 0 Å². The Morgan fingerprint density at radius 3 is 2.73 bits per heavy atom. The lowest BCUT2D eigenvalue weighted by molar-refractivity contribution is -0.127. The summed E-state index contributed by atoms with van der Waals surface area (Å²) in [6.07, 6.45) is 6.19. The Hall–Kier alpha value is -1.89. The number of carbonyl (C=O) groups excluding carboxylic acids is 1. The van der Waals surface area contributed by atoms with Crippen molar-refractivity contribution >= 4 is 17.7 Å². The SMILES string of the molecule is Nc1nc([C@@H]2CCOC2)cc(N2CCC(CCN3CCCC3=O)CC2)n1. The molecule has 4 rings (SSSR count). The van der Waals surface area contributed by atoms with Gasteiger partial charge in [-0.1, -0.05) is 0 Å². The zero-order valence-electron chi connectivity index (χ0n) is 15.4. The highest BCUT2D eigenvalue weighted by Gasteiger charge is 2.26. The van der Waals surface area contributed by atoms with Gasteiger partial charge in [0.25, 0.3) is 0 Å². The fourth-order valence-electron chi connectivity index (χ4n) is 4.34. The third-order valence-corrected chi connectivity index (χ3v) is 6.01. The Bertz CT molecular complexity index is 639. The van der Waals surface area contributed by atoms with Crippen LogP contribution in [0, 0.1) is 5.92 Å². The summed E-state index contributed by atoms with van der Waals surface area (Å²) in [6, 6.07) is 2.10. The Kier molecular flexibility index (Phi) is 5.24. The van der Waals surface area contributed by atoms with Crippen LogP contribution < -0.4 is 10.6 Å². The van der Waals surface area contributed by atoms with Crippen LogP contribution in [0.15, 0.2) is 6.07 Å². The molecule has 142 valence electrons. The minimum atomic E-state index is 0.335. The standard InChI is InChI=1S/C19H29N5O2/c20-19-21-16(15-6-11-26-13-15)12-17(22-19)23-8-3-14(4-9-23)5-10-24-7-1-2-18(24)25/h12,14-15H,1-11,13H2,(H2,20,21,22)/t15-/m1/s1. The normalized spacial score (nSPS) is 24.6. The van der Waals surface area contributed by atoms with Gasteiger partial charge in [0, 0.05) is 51.2 Å². The molecule has 7 nitrogen and oxygen atoms in total. The van der Waals surface area contributed by atoms with E-state index in [-0.39, 0.29) is 0 Å². The molecule has 26 heavy (non-hydrogen) atoms. The Balaban J connectivity index is 1.32. The maximum atomic E-state index is 11.7. The average Bonchev–Trinajstić information content (AvgIpc) is 3.32. The molecule has 2 N–H and O–H groups in total. The van der Waals surface area contributed by atoms with Crippen molar-refractivity contribution in [3.05, 3.63) is 11.8 Å². The van der Waals surface area contributed by atoms with Gasteiger partial charge in [-0.15, -0.1) is 0 Å². The monoisotopic (exact) mass is 359 g/mol. The molecule has 0 bridgehead atoms. The molecular weight excluding hydrogens is 330 g/mol. The number of likely N-dealkylation sites (tertiary alicyclic amines) is 1. The number of piperidine rings is 1. The number of nitrogens with two attached hydrogens (primary N) is 1. The molecule has 1 amide bonds. The zero-order valence-corrected chi connectivity index (χ0v) is 15.4. The van der Waals surface area contributed by atoms with Gasteiger partial charge in [-0.2, -0.15) is 4.98 Å². The van der Waals surface area contributed by atoms with Crippen LogP contribution in [0.5, 0.6) is 0 Å². The molecule has 0 saturated carbocycles. The molecule has 1 atom stereocenters. The van der Waals surface area contributed by atoms with Crippen LogP contribution in [0.1, 0.15) is 50.1 Å². The molecule has 3 fully saturated rings. The van der Waals surface area contributed by atoms with Crippen molar-refractivity contribution in [2.24, 2.45) is 5.92 Å². The summed E-state index contributed by atoms with van der Waals surface area (Å²) in [6.45, 7) is 5.40. The van der Waals surface area contributed by atoms with Crippen molar-refractivity contribution in [1.29, 1.82) is 0 Å². The van der Waals surface area contributed by atoms with E-state index in [1.165, 1.54) is 0 Å². The van der Waals surface area contributed by atoms with Crippen molar-refractivity contribution < 1.29 is 9.53 Å². The second-order valence-electron chi connectivity index (χ2n) is 7.77. The molecule has 4 heterocycles. The smallest absolute Gasteiger partial charge is 0.222 e. The second kappa shape index (κ2) is 7.78. The van der Waals surface area contributed by atoms with E-state index in [4.69, 9.17) is 10.5 Å². The lowest BCUT2D eigenvalue weighted by Crippen LogP contribution is -2.36. The molecule has 1 aromatic rings. The van der Waals surface area contributed by atoms with E-state index in [0.29, 0.717) is 23.7 Å². The molecular formula is C19H29N5O2. The van der Waals surface area contributed by atoms with E-state index >= 15 is 0 Å². The van der Waals surface area contributed by atoms with Gasteiger partial charge in [0.15, 0.2) is 0 Å². The van der Waals surface area contributed by atoms with E-state index in [2.05, 4.69) is 20.9 Å². The highest BCUT2D eigenvalue weighted by molar-refractivity contribution is 5.78. The van der Waals surface area contributed by atoms with E-state index in [1.807, 2.05) is 4.90 Å². The Labute approximate surface area is 154 Å². The van der Waals surface area contributed by atoms with Crippen molar-refractivity contribution in [2.75, 3.05) is 50.0 Å². The molecule has 0 spiro atoms. The number of hydrogen-bond donors (Lipinski definition) is 1. The van der Waals surface area contributed by atoms with Gasteiger partial charge >= 0.3 is 0 Å². The Morgan fingerprint density at radius 1 is 1.19 bits per heavy atom. The van der Waals surface area contributed by atoms with E-state index in [9.17, 15) is 4.79 Å². The lowest BCUT2D eigenvalue weighted by Gasteiger charge is -2.33. The quantitative estimate of drug-likeness (QED) is 0.863. The number of rotatable bonds is 5. The number of aromatic nitrogens is 2. The predicted octanol–water partition coefficient (Wildman–Crippen LogP) is 1.79.